The van der Waals surface area contributed by atoms with Crippen LogP contribution in [0.4, 0.5) is 0 Å². The largest absolute Gasteiger partial charge is 2.00 e. The fourth-order valence-electron chi connectivity index (χ4n) is 7.25. The van der Waals surface area contributed by atoms with Crippen molar-refractivity contribution in [2.24, 2.45) is 0 Å². The first-order valence-corrected chi connectivity index (χ1v) is 19.8. The minimum Gasteiger partial charge on any atom is -0.439 e. The summed E-state index contributed by atoms with van der Waals surface area (Å²) in [5, 5.41) is 9.44. The van der Waals surface area contributed by atoms with Gasteiger partial charge >= 0.3 is 42.1 Å². The molecule has 62 heavy (non-hydrogen) atoms. The van der Waals surface area contributed by atoms with Gasteiger partial charge in [0.2, 0.25) is 0 Å². The molecule has 8 heteroatoms. The van der Waals surface area contributed by atoms with Crippen LogP contribution < -0.4 is 9.97 Å². The Balaban J connectivity index is 0.000000123. The first-order chi connectivity index (χ1) is 29.6. The Morgan fingerprint density at radius 1 is 0.371 bits per heavy atom. The molecule has 0 radical (unpaired) electrons. The molecule has 6 aromatic carbocycles. The fraction of sp³-hybridized carbons (Fsp3) is 0.0370. The van der Waals surface area contributed by atoms with Crippen molar-refractivity contribution in [2.45, 2.75) is 13.8 Å². The Kier molecular flexibility index (Phi) is 14.3. The fourth-order valence-corrected chi connectivity index (χ4v) is 7.25. The Bertz CT molecular complexity index is 3130. The number of aromatic nitrogens is 6. The molecule has 0 spiro atoms. The number of nitrogens with zero attached hydrogens (tertiary/aromatic N) is 6. The summed E-state index contributed by atoms with van der Waals surface area (Å²) in [5.41, 5.74) is 9.87. The number of aryl methyl sites for hydroxylation is 2. The maximum Gasteiger partial charge on any atom is 2.00 e. The van der Waals surface area contributed by atoms with E-state index in [1.54, 1.807) is 0 Å². The zero-order chi connectivity index (χ0) is 40.7. The first kappa shape index (κ1) is 43.5. The van der Waals surface area contributed by atoms with E-state index in [0.717, 1.165) is 67.0 Å². The Hall–Kier alpha value is -6.58. The predicted molar refractivity (Wildman–Crippen MR) is 247 cm³/mol. The van der Waals surface area contributed by atoms with Crippen LogP contribution in [0.3, 0.4) is 0 Å². The third-order valence-electron chi connectivity index (χ3n) is 10.1. The zero-order valence-corrected chi connectivity index (χ0v) is 38.3. The summed E-state index contributed by atoms with van der Waals surface area (Å²) in [6.45, 7) is 3.97. The van der Waals surface area contributed by atoms with E-state index in [2.05, 4.69) is 90.6 Å². The van der Waals surface area contributed by atoms with Gasteiger partial charge < -0.3 is 29.9 Å². The second-order valence-electron chi connectivity index (χ2n) is 14.2. The molecule has 6 nitrogen and oxygen atoms in total. The predicted octanol–water partition coefficient (Wildman–Crippen LogP) is 12.7. The molecule has 304 valence electrons. The maximum atomic E-state index is 4.46. The molecule has 0 atom stereocenters. The third-order valence-corrected chi connectivity index (χ3v) is 10.1. The van der Waals surface area contributed by atoms with E-state index >= 15 is 0 Å². The topological polar surface area (TPSA) is 79.8 Å². The van der Waals surface area contributed by atoms with Crippen molar-refractivity contribution in [3.05, 3.63) is 218 Å². The van der Waals surface area contributed by atoms with Gasteiger partial charge in [0.05, 0.1) is 0 Å². The number of rotatable bonds is 2. The van der Waals surface area contributed by atoms with Gasteiger partial charge in [-0.1, -0.05) is 144 Å². The van der Waals surface area contributed by atoms with Crippen LogP contribution in [0.25, 0.3) is 87.9 Å². The molecule has 12 aromatic rings. The first-order valence-electron chi connectivity index (χ1n) is 19.8. The molecular weight excluding hydrogens is 1120 g/mol. The second-order valence-corrected chi connectivity index (χ2v) is 14.2. The molecule has 0 bridgehead atoms. The van der Waals surface area contributed by atoms with E-state index in [1.165, 1.54) is 32.3 Å². The molecule has 6 heterocycles. The number of hydrogen-bond acceptors (Lipinski definition) is 4. The Morgan fingerprint density at radius 2 is 0.758 bits per heavy atom. The van der Waals surface area contributed by atoms with Crippen molar-refractivity contribution < 1.29 is 42.1 Å². The summed E-state index contributed by atoms with van der Waals surface area (Å²) < 4.78 is 0. The van der Waals surface area contributed by atoms with E-state index in [9.17, 15) is 0 Å². The molecule has 0 aliphatic rings. The van der Waals surface area contributed by atoms with E-state index in [-0.39, 0.29) is 42.1 Å². The van der Waals surface area contributed by atoms with Crippen molar-refractivity contribution in [1.29, 1.82) is 0 Å². The normalized spacial score (nSPS) is 10.5. The van der Waals surface area contributed by atoms with Gasteiger partial charge in [0.25, 0.3) is 0 Å². The molecule has 12 rings (SSSR count). The van der Waals surface area contributed by atoms with Gasteiger partial charge in [0.1, 0.15) is 0 Å². The van der Waals surface area contributed by atoms with E-state index in [4.69, 9.17) is 0 Å². The van der Waals surface area contributed by atoms with Crippen molar-refractivity contribution in [3.63, 3.8) is 0 Å². The van der Waals surface area contributed by atoms with Crippen LogP contribution in [0, 0.1) is 26.0 Å². The smallest absolute Gasteiger partial charge is 0.439 e. The van der Waals surface area contributed by atoms with Gasteiger partial charge in [-0.3, -0.25) is 0 Å². The third kappa shape index (κ3) is 9.64. The maximum absolute atomic E-state index is 4.46. The standard InChI is InChI=1S/2C15H10N.2C12H9N2.2Pt/c2*1-2-7-13(8-3-1)15-14-9-5-4-6-12(14)10-11-16-15;2*1-8-6-7-10-9-4-2-3-5-11(9)14-12(10)13-8;;/h2*1-7,9-11H;2*2-7H,1H3;;/q4*-1;2*+2. The van der Waals surface area contributed by atoms with Gasteiger partial charge in [0.15, 0.2) is 0 Å². The van der Waals surface area contributed by atoms with Crippen LogP contribution >= 0.6 is 0 Å². The van der Waals surface area contributed by atoms with Gasteiger partial charge in [-0.25, -0.2) is 0 Å². The van der Waals surface area contributed by atoms with Crippen LogP contribution in [0.5, 0.6) is 0 Å². The van der Waals surface area contributed by atoms with E-state index in [0.29, 0.717) is 0 Å². The summed E-state index contributed by atoms with van der Waals surface area (Å²) >= 11 is 0. The molecule has 6 aromatic heterocycles. The Labute approximate surface area is 389 Å². The summed E-state index contributed by atoms with van der Waals surface area (Å²) in [7, 11) is 0. The van der Waals surface area contributed by atoms with Crippen molar-refractivity contribution in [2.75, 3.05) is 0 Å². The van der Waals surface area contributed by atoms with Crippen molar-refractivity contribution in [1.82, 2.24) is 29.9 Å². The molecule has 0 saturated heterocycles. The van der Waals surface area contributed by atoms with Gasteiger partial charge in [-0.15, -0.1) is 71.8 Å². The van der Waals surface area contributed by atoms with Gasteiger partial charge in [-0.05, 0) is 91.5 Å². The summed E-state index contributed by atoms with van der Waals surface area (Å²) in [6.07, 6.45) is 3.69. The number of para-hydroxylation sites is 2. The minimum atomic E-state index is 0. The number of benzene rings is 6. The number of fused-ring (bicyclic) bond motifs is 8. The second kappa shape index (κ2) is 20.3. The molecular formula is C54H38N6Pt2. The molecule has 0 aliphatic heterocycles. The summed E-state index contributed by atoms with van der Waals surface area (Å²) in [6, 6.07) is 67.4. The minimum absolute atomic E-state index is 0. The molecule has 0 N–H and O–H groups in total. The van der Waals surface area contributed by atoms with Gasteiger partial charge in [0, 0.05) is 12.4 Å². The monoisotopic (exact) mass is 1160 g/mol. The van der Waals surface area contributed by atoms with Crippen LogP contribution in [0.2, 0.25) is 0 Å². The average Bonchev–Trinajstić information content (AvgIpc) is 3.87. The van der Waals surface area contributed by atoms with Gasteiger partial charge in [-0.2, -0.15) is 0 Å². The number of hydrogen-bond donors (Lipinski definition) is 0. The molecule has 0 saturated carbocycles. The Morgan fingerprint density at radius 3 is 1.18 bits per heavy atom. The van der Waals surface area contributed by atoms with Crippen molar-refractivity contribution in [3.8, 4) is 22.5 Å². The van der Waals surface area contributed by atoms with Crippen LogP contribution in [-0.2, 0) is 42.1 Å². The quantitative estimate of drug-likeness (QED) is 0.161. The SMILES string of the molecule is Cc1ccc2c(n1)[n-]c1ccccc12.Cc1ccc2c(n1)[n-]c1ccccc12.[Pt+2].[Pt+2].[c-]1ccccc1-c1nccc2ccccc12.[c-]1ccccc1-c1nccc2ccccc12. The average molecular weight is 1160 g/mol. The summed E-state index contributed by atoms with van der Waals surface area (Å²) in [4.78, 5) is 26.6. The van der Waals surface area contributed by atoms with Crippen LogP contribution in [0.15, 0.2) is 194 Å². The van der Waals surface area contributed by atoms with Crippen LogP contribution in [0.1, 0.15) is 11.4 Å². The molecule has 0 amide bonds. The molecule has 0 aliphatic carbocycles. The van der Waals surface area contributed by atoms with E-state index in [1.807, 2.05) is 160 Å². The molecule has 0 fully saturated rings. The van der Waals surface area contributed by atoms with Crippen molar-refractivity contribution >= 4 is 65.4 Å². The number of pyridine rings is 4. The summed E-state index contributed by atoms with van der Waals surface area (Å²) in [5.74, 6) is 0. The van der Waals surface area contributed by atoms with E-state index < -0.39 is 0 Å². The zero-order valence-electron chi connectivity index (χ0n) is 33.8. The molecule has 0 unspecified atom stereocenters. The van der Waals surface area contributed by atoms with Crippen LogP contribution in [-0.4, -0.2) is 19.9 Å².